The number of para-hydroxylation sites is 1. The number of amides is 2. The fourth-order valence-electron chi connectivity index (χ4n) is 4.40. The Kier molecular flexibility index (Phi) is 4.96. The Hall–Kier alpha value is -3.75. The van der Waals surface area contributed by atoms with Crippen LogP contribution in [-0.4, -0.2) is 39.3 Å². The molecule has 0 bridgehead atoms. The first-order chi connectivity index (χ1) is 14.8. The number of esters is 1. The van der Waals surface area contributed by atoms with E-state index in [2.05, 4.69) is 0 Å². The molecule has 9 heteroatoms. The van der Waals surface area contributed by atoms with Gasteiger partial charge in [0.1, 0.15) is 6.61 Å². The molecule has 2 aromatic carbocycles. The van der Waals surface area contributed by atoms with E-state index >= 15 is 0 Å². The van der Waals surface area contributed by atoms with Crippen LogP contribution < -0.4 is 4.90 Å². The first-order valence-electron chi connectivity index (χ1n) is 9.93. The summed E-state index contributed by atoms with van der Waals surface area (Å²) in [6, 6.07) is 12.1. The minimum atomic E-state index is -1.59. The van der Waals surface area contributed by atoms with Crippen LogP contribution in [0.5, 0.6) is 0 Å². The van der Waals surface area contributed by atoms with E-state index in [0.29, 0.717) is 16.8 Å². The van der Waals surface area contributed by atoms with Gasteiger partial charge in [0, 0.05) is 31.0 Å². The second-order valence-electron chi connectivity index (χ2n) is 7.83. The van der Waals surface area contributed by atoms with Crippen molar-refractivity contribution in [3.05, 3.63) is 69.8 Å². The van der Waals surface area contributed by atoms with E-state index in [1.165, 1.54) is 28.0 Å². The van der Waals surface area contributed by atoms with Crippen LogP contribution in [0.25, 0.3) is 0 Å². The van der Waals surface area contributed by atoms with Crippen LogP contribution in [0.3, 0.4) is 0 Å². The topological polar surface area (TPSA) is 110 Å². The predicted octanol–water partition coefficient (Wildman–Crippen LogP) is 3.03. The number of nitro groups is 1. The van der Waals surface area contributed by atoms with E-state index in [0.717, 1.165) is 0 Å². The Morgan fingerprint density at radius 3 is 2.65 bits per heavy atom. The highest BCUT2D eigenvalue weighted by atomic mass is 16.6. The zero-order valence-electron chi connectivity index (χ0n) is 17.1. The lowest BCUT2D eigenvalue weighted by Gasteiger charge is -2.50. The molecule has 0 aromatic heterocycles. The first kappa shape index (κ1) is 20.5. The van der Waals surface area contributed by atoms with Crippen molar-refractivity contribution in [1.29, 1.82) is 0 Å². The first-order valence-corrected chi connectivity index (χ1v) is 9.93. The highest BCUT2D eigenvalue weighted by Gasteiger charge is 2.62. The smallest absolute Gasteiger partial charge is 0.354 e. The van der Waals surface area contributed by atoms with Crippen molar-refractivity contribution in [2.45, 2.75) is 45.0 Å². The largest absolute Gasteiger partial charge is 0.458 e. The van der Waals surface area contributed by atoms with E-state index in [4.69, 9.17) is 4.74 Å². The third kappa shape index (κ3) is 3.13. The van der Waals surface area contributed by atoms with Gasteiger partial charge in [-0.25, -0.2) is 4.79 Å². The number of nitro benzene ring substituents is 1. The van der Waals surface area contributed by atoms with Gasteiger partial charge < -0.3 is 9.64 Å². The maximum absolute atomic E-state index is 13.5. The number of nitrogens with zero attached hydrogens (tertiary/aromatic N) is 3. The summed E-state index contributed by atoms with van der Waals surface area (Å²) in [6.45, 7) is 3.34. The van der Waals surface area contributed by atoms with E-state index < -0.39 is 16.6 Å². The molecule has 1 unspecified atom stereocenters. The van der Waals surface area contributed by atoms with Crippen LogP contribution in [-0.2, 0) is 20.9 Å². The highest BCUT2D eigenvalue weighted by molar-refractivity contribution is 6.15. The maximum Gasteiger partial charge on any atom is 0.354 e. The number of rotatable bonds is 5. The fourth-order valence-corrected chi connectivity index (χ4v) is 4.40. The normalized spacial score (nSPS) is 20.0. The molecule has 2 aliphatic heterocycles. The zero-order valence-corrected chi connectivity index (χ0v) is 17.1. The SMILES string of the molecule is CC(C)N1C(=O)c2ccccc2N2C(=O)CCC21C(=O)OCc1cccc([N+](=O)[O-])c1. The molecule has 1 fully saturated rings. The fraction of sp³-hybridized carbons (Fsp3) is 0.318. The van der Waals surface area contributed by atoms with Crippen LogP contribution in [0.2, 0.25) is 0 Å². The molecule has 9 nitrogen and oxygen atoms in total. The van der Waals surface area contributed by atoms with Crippen molar-refractivity contribution in [1.82, 2.24) is 4.90 Å². The molecule has 1 saturated heterocycles. The number of hydrogen-bond acceptors (Lipinski definition) is 6. The van der Waals surface area contributed by atoms with Crippen LogP contribution in [0.15, 0.2) is 48.5 Å². The van der Waals surface area contributed by atoms with Crippen LogP contribution in [0.1, 0.15) is 42.6 Å². The third-order valence-electron chi connectivity index (χ3n) is 5.63. The summed E-state index contributed by atoms with van der Waals surface area (Å²) in [4.78, 5) is 52.9. The second-order valence-corrected chi connectivity index (χ2v) is 7.83. The number of hydrogen-bond donors (Lipinski definition) is 0. The molecule has 4 rings (SSSR count). The third-order valence-corrected chi connectivity index (χ3v) is 5.63. The average molecular weight is 423 g/mol. The summed E-state index contributed by atoms with van der Waals surface area (Å²) >= 11 is 0. The molecule has 31 heavy (non-hydrogen) atoms. The summed E-state index contributed by atoms with van der Waals surface area (Å²) < 4.78 is 5.55. The number of ether oxygens (including phenoxy) is 1. The molecule has 160 valence electrons. The predicted molar refractivity (Wildman–Crippen MR) is 110 cm³/mol. The molecule has 2 amide bonds. The van der Waals surface area contributed by atoms with Crippen molar-refractivity contribution >= 4 is 29.2 Å². The number of carbonyl (C=O) groups excluding carboxylic acids is 3. The van der Waals surface area contributed by atoms with E-state index in [1.807, 2.05) is 0 Å². The highest BCUT2D eigenvalue weighted by Crippen LogP contribution is 2.46. The zero-order chi connectivity index (χ0) is 22.3. The molecule has 0 radical (unpaired) electrons. The van der Waals surface area contributed by atoms with Crippen LogP contribution in [0.4, 0.5) is 11.4 Å². The number of carbonyl (C=O) groups is 3. The number of fused-ring (bicyclic) bond motifs is 3. The maximum atomic E-state index is 13.5. The average Bonchev–Trinajstić information content (AvgIpc) is 3.10. The van der Waals surface area contributed by atoms with E-state index in [1.54, 1.807) is 44.2 Å². The lowest BCUT2D eigenvalue weighted by molar-refractivity contribution is -0.384. The van der Waals surface area contributed by atoms with Crippen molar-refractivity contribution in [3.8, 4) is 0 Å². The monoisotopic (exact) mass is 423 g/mol. The van der Waals surface area contributed by atoms with E-state index in [9.17, 15) is 24.5 Å². The van der Waals surface area contributed by atoms with Crippen LogP contribution in [0, 0.1) is 10.1 Å². The Bertz CT molecular complexity index is 1100. The minimum Gasteiger partial charge on any atom is -0.458 e. The van der Waals surface area contributed by atoms with Crippen molar-refractivity contribution in [3.63, 3.8) is 0 Å². The second kappa shape index (κ2) is 7.50. The summed E-state index contributed by atoms with van der Waals surface area (Å²) in [5.74, 6) is -1.34. The Morgan fingerprint density at radius 1 is 1.19 bits per heavy atom. The quantitative estimate of drug-likeness (QED) is 0.415. The molecule has 0 spiro atoms. The lowest BCUT2D eigenvalue weighted by Crippen LogP contribution is -2.70. The summed E-state index contributed by atoms with van der Waals surface area (Å²) in [5.41, 5.74) is -0.520. The molecule has 1 atom stereocenters. The molecule has 2 aliphatic rings. The van der Waals surface area contributed by atoms with Crippen molar-refractivity contribution in [2.75, 3.05) is 4.90 Å². The number of benzene rings is 2. The molecule has 0 aliphatic carbocycles. The number of anilines is 1. The molecule has 2 aromatic rings. The number of non-ortho nitro benzene ring substituents is 1. The van der Waals surface area contributed by atoms with Crippen molar-refractivity contribution < 1.29 is 24.0 Å². The Labute approximate surface area is 178 Å². The van der Waals surface area contributed by atoms with Crippen molar-refractivity contribution in [2.24, 2.45) is 0 Å². The van der Waals surface area contributed by atoms with Gasteiger partial charge in [-0.2, -0.15) is 0 Å². The van der Waals surface area contributed by atoms with Gasteiger partial charge in [0.05, 0.1) is 16.2 Å². The minimum absolute atomic E-state index is 0.0940. The molecule has 2 heterocycles. The standard InChI is InChI=1S/C22H21N3O6/c1-14(2)23-20(27)17-8-3-4-9-18(17)24-19(26)10-11-22(23,24)21(28)31-13-15-6-5-7-16(12-15)25(29)30/h3-9,12,14H,10-11,13H2,1-2H3. The molecule has 0 N–H and O–H groups in total. The Balaban J connectivity index is 1.72. The van der Waals surface area contributed by atoms with Gasteiger partial charge in [-0.3, -0.25) is 24.6 Å². The lowest BCUT2D eigenvalue weighted by atomic mass is 9.95. The van der Waals surface area contributed by atoms with Crippen LogP contribution >= 0.6 is 0 Å². The van der Waals surface area contributed by atoms with Gasteiger partial charge >= 0.3 is 5.97 Å². The van der Waals surface area contributed by atoms with Gasteiger partial charge in [-0.1, -0.05) is 24.3 Å². The van der Waals surface area contributed by atoms with E-state index in [-0.39, 0.29) is 43.0 Å². The Morgan fingerprint density at radius 2 is 1.94 bits per heavy atom. The van der Waals surface area contributed by atoms with Gasteiger partial charge in [0.15, 0.2) is 0 Å². The van der Waals surface area contributed by atoms with Gasteiger partial charge in [0.25, 0.3) is 11.6 Å². The molecular formula is C22H21N3O6. The summed E-state index contributed by atoms with van der Waals surface area (Å²) in [6.07, 6.45) is 0.203. The molecular weight excluding hydrogens is 402 g/mol. The van der Waals surface area contributed by atoms with Gasteiger partial charge in [-0.15, -0.1) is 0 Å². The summed E-state index contributed by atoms with van der Waals surface area (Å²) in [5, 5.41) is 11.0. The van der Waals surface area contributed by atoms with Gasteiger partial charge in [0.2, 0.25) is 11.6 Å². The van der Waals surface area contributed by atoms with Gasteiger partial charge in [-0.05, 0) is 31.5 Å². The summed E-state index contributed by atoms with van der Waals surface area (Å²) in [7, 11) is 0. The molecule has 0 saturated carbocycles.